The fourth-order valence-corrected chi connectivity index (χ4v) is 4.57. The lowest BCUT2D eigenvalue weighted by Gasteiger charge is -2.16. The van der Waals surface area contributed by atoms with Crippen molar-refractivity contribution in [1.29, 1.82) is 0 Å². The Bertz CT molecular complexity index is 1090. The first-order valence-electron chi connectivity index (χ1n) is 13.8. The van der Waals surface area contributed by atoms with E-state index in [-0.39, 0.29) is 13.1 Å². The van der Waals surface area contributed by atoms with Crippen LogP contribution in [0.5, 0.6) is 0 Å². The third-order valence-corrected chi connectivity index (χ3v) is 11.7. The highest BCUT2D eigenvalue weighted by molar-refractivity contribution is 7.89. The van der Waals surface area contributed by atoms with Crippen LogP contribution in [0.15, 0.2) is 0 Å². The molecule has 2 aliphatic carbocycles. The fraction of sp³-hybridized carbons (Fsp3) is 1.00. The Morgan fingerprint density at radius 3 is 0.881 bits per heavy atom. The molecule has 2 fully saturated rings. The highest BCUT2D eigenvalue weighted by atomic mass is 32.2. The van der Waals surface area contributed by atoms with Crippen LogP contribution in [0, 0.1) is 11.8 Å². The van der Waals surface area contributed by atoms with E-state index >= 15 is 0 Å². The molecule has 2 aliphatic rings. The van der Waals surface area contributed by atoms with Crippen molar-refractivity contribution in [3.63, 3.8) is 0 Å². The second kappa shape index (κ2) is 19.2. The number of hydrogen-bond donors (Lipinski definition) is 2. The summed E-state index contributed by atoms with van der Waals surface area (Å²) in [4.78, 5) is 0. The lowest BCUT2D eigenvalue weighted by molar-refractivity contribution is 0.149. The lowest BCUT2D eigenvalue weighted by Crippen LogP contribution is -2.33. The summed E-state index contributed by atoms with van der Waals surface area (Å²) in [7, 11) is -5.95. The van der Waals surface area contributed by atoms with E-state index in [1.165, 1.54) is 60.9 Å². The van der Waals surface area contributed by atoms with Crippen molar-refractivity contribution in [2.24, 2.45) is 11.8 Å². The molecule has 18 heteroatoms. The minimum absolute atomic E-state index is 0.176. The molecule has 2 unspecified atom stereocenters. The van der Waals surface area contributed by atoms with Crippen molar-refractivity contribution in [3.05, 3.63) is 0 Å². The number of rotatable bonds is 14. The molecule has 0 saturated heterocycles. The van der Waals surface area contributed by atoms with Crippen molar-refractivity contribution in [2.75, 3.05) is 79.4 Å². The van der Waals surface area contributed by atoms with Gasteiger partial charge in [-0.3, -0.25) is 0 Å². The highest BCUT2D eigenvalue weighted by Crippen LogP contribution is 2.30. The summed E-state index contributed by atoms with van der Waals surface area (Å²) < 4.78 is 91.6. The molecule has 14 nitrogen and oxygen atoms in total. The summed E-state index contributed by atoms with van der Waals surface area (Å²) in [5.41, 5.74) is 0. The van der Waals surface area contributed by atoms with Crippen molar-refractivity contribution in [1.82, 2.24) is 17.2 Å². The van der Waals surface area contributed by atoms with Gasteiger partial charge in [0.25, 0.3) is 0 Å². The maximum Gasteiger partial charge on any atom is 0.211 e. The normalized spacial score (nSPS) is 17.5. The SMILES string of the molecule is CCC(O)CN(C)S(C)(=O)=O.CCC(O)CN(C)S(C)(=O)=O.CN(CC1CC1)S(C)(=O)=O.CN(CC1CC1)S(C)(=O)=O. The van der Waals surface area contributed by atoms with Crippen LogP contribution in [0.25, 0.3) is 0 Å². The summed E-state index contributed by atoms with van der Waals surface area (Å²) in [5, 5.41) is 18.2. The van der Waals surface area contributed by atoms with Gasteiger partial charge in [0.2, 0.25) is 40.1 Å². The summed E-state index contributed by atoms with van der Waals surface area (Å²) in [6, 6.07) is 0. The van der Waals surface area contributed by atoms with E-state index in [1.807, 2.05) is 0 Å². The number of hydrogen-bond acceptors (Lipinski definition) is 10. The van der Waals surface area contributed by atoms with Crippen LogP contribution in [0.4, 0.5) is 0 Å². The van der Waals surface area contributed by atoms with E-state index in [0.717, 1.165) is 21.1 Å². The van der Waals surface area contributed by atoms with Gasteiger partial charge in [0, 0.05) is 54.4 Å². The second-order valence-electron chi connectivity index (χ2n) is 11.2. The van der Waals surface area contributed by atoms with Gasteiger partial charge in [-0.05, 0) is 50.4 Å². The van der Waals surface area contributed by atoms with Crippen LogP contribution in [-0.2, 0) is 40.1 Å². The third kappa shape index (κ3) is 23.9. The molecule has 0 aromatic rings. The zero-order valence-corrected chi connectivity index (χ0v) is 30.2. The van der Waals surface area contributed by atoms with Crippen molar-refractivity contribution < 1.29 is 43.9 Å². The van der Waals surface area contributed by atoms with Gasteiger partial charge in [-0.1, -0.05) is 13.8 Å². The first-order chi connectivity index (χ1) is 18.7. The highest BCUT2D eigenvalue weighted by Gasteiger charge is 2.26. The third-order valence-electron chi connectivity index (χ3n) is 6.57. The lowest BCUT2D eigenvalue weighted by atomic mass is 10.3. The van der Waals surface area contributed by atoms with Crippen LogP contribution < -0.4 is 0 Å². The zero-order chi connectivity index (χ0) is 33.7. The van der Waals surface area contributed by atoms with Crippen LogP contribution in [0.3, 0.4) is 0 Å². The Labute approximate surface area is 256 Å². The molecule has 0 aromatic carbocycles. The molecule has 0 heterocycles. The van der Waals surface area contributed by atoms with E-state index in [1.54, 1.807) is 27.9 Å². The number of nitrogens with zero attached hydrogens (tertiary/aromatic N) is 4. The summed E-state index contributed by atoms with van der Waals surface area (Å²) >= 11 is 0. The fourth-order valence-electron chi connectivity index (χ4n) is 2.72. The topological polar surface area (TPSA) is 190 Å². The van der Waals surface area contributed by atoms with Gasteiger partial charge in [0.05, 0.1) is 37.2 Å². The van der Waals surface area contributed by atoms with Crippen LogP contribution in [0.2, 0.25) is 0 Å². The van der Waals surface area contributed by atoms with Crippen LogP contribution in [0.1, 0.15) is 52.4 Å². The molecular formula is C24H56N4O10S4. The smallest absolute Gasteiger partial charge is 0.211 e. The van der Waals surface area contributed by atoms with Gasteiger partial charge >= 0.3 is 0 Å². The Hall–Kier alpha value is -0.440. The average molecular weight is 689 g/mol. The van der Waals surface area contributed by atoms with Crippen molar-refractivity contribution >= 4 is 40.1 Å². The van der Waals surface area contributed by atoms with Gasteiger partial charge in [0.15, 0.2) is 0 Å². The maximum atomic E-state index is 10.8. The van der Waals surface area contributed by atoms with E-state index in [0.29, 0.717) is 37.8 Å². The molecule has 2 atom stereocenters. The number of likely N-dealkylation sites (N-methyl/N-ethyl adjacent to an activating group) is 2. The largest absolute Gasteiger partial charge is 0.392 e. The van der Waals surface area contributed by atoms with Gasteiger partial charge < -0.3 is 10.2 Å². The van der Waals surface area contributed by atoms with Crippen LogP contribution in [-0.4, -0.2) is 153 Å². The molecule has 256 valence electrons. The van der Waals surface area contributed by atoms with Gasteiger partial charge in [-0.15, -0.1) is 0 Å². The summed E-state index contributed by atoms with van der Waals surface area (Å²) in [6.07, 6.45) is 9.53. The van der Waals surface area contributed by atoms with Crippen molar-refractivity contribution in [2.45, 2.75) is 64.6 Å². The number of sulfonamides is 4. The molecule has 0 spiro atoms. The monoisotopic (exact) mass is 688 g/mol. The molecule has 0 amide bonds. The predicted octanol–water partition coefficient (Wildman–Crippen LogP) is -0.127. The van der Waals surface area contributed by atoms with Crippen molar-refractivity contribution in [3.8, 4) is 0 Å². The standard InChI is InChI=1S/2C6H15NO3S.2C6H13NO2S/c2*1-4-6(8)5-7(2)11(3,9)10;2*1-7(10(2,8)9)5-6-3-4-6/h2*6,8H,4-5H2,1-3H3;2*6H,3-5H2,1-2H3. The van der Waals surface area contributed by atoms with E-state index in [9.17, 15) is 33.7 Å². The second-order valence-corrected chi connectivity index (χ2v) is 19.5. The Morgan fingerprint density at radius 1 is 0.524 bits per heavy atom. The quantitative estimate of drug-likeness (QED) is 0.249. The molecule has 2 N–H and O–H groups in total. The molecule has 0 radical (unpaired) electrons. The Morgan fingerprint density at radius 2 is 0.738 bits per heavy atom. The van der Waals surface area contributed by atoms with Gasteiger partial charge in [-0.2, -0.15) is 0 Å². The number of aliphatic hydroxyl groups is 2. The van der Waals surface area contributed by atoms with Gasteiger partial charge in [0.1, 0.15) is 0 Å². The summed E-state index contributed by atoms with van der Waals surface area (Å²) in [5.74, 6) is 1.28. The first kappa shape index (κ1) is 43.7. The summed E-state index contributed by atoms with van der Waals surface area (Å²) in [6.45, 7) is 5.38. The Kier molecular flexibility index (Phi) is 19.9. The Balaban J connectivity index is 0. The minimum Gasteiger partial charge on any atom is -0.392 e. The molecule has 42 heavy (non-hydrogen) atoms. The molecular weight excluding hydrogens is 633 g/mol. The average Bonchev–Trinajstić information content (AvgIpc) is 3.75. The van der Waals surface area contributed by atoms with E-state index in [2.05, 4.69) is 0 Å². The predicted molar refractivity (Wildman–Crippen MR) is 168 cm³/mol. The van der Waals surface area contributed by atoms with E-state index < -0.39 is 52.3 Å². The zero-order valence-electron chi connectivity index (χ0n) is 27.0. The number of aliphatic hydroxyl groups excluding tert-OH is 2. The van der Waals surface area contributed by atoms with Gasteiger partial charge in [-0.25, -0.2) is 50.9 Å². The first-order valence-corrected chi connectivity index (χ1v) is 21.2. The molecule has 2 saturated carbocycles. The van der Waals surface area contributed by atoms with Crippen LogP contribution >= 0.6 is 0 Å². The van der Waals surface area contributed by atoms with E-state index in [4.69, 9.17) is 10.2 Å². The molecule has 2 rings (SSSR count). The minimum atomic E-state index is -3.13. The molecule has 0 bridgehead atoms. The molecule has 0 aliphatic heterocycles. The maximum absolute atomic E-state index is 10.8. The molecule has 0 aromatic heterocycles.